The Bertz CT molecular complexity index is 477. The van der Waals surface area contributed by atoms with Crippen LogP contribution >= 0.6 is 0 Å². The summed E-state index contributed by atoms with van der Waals surface area (Å²) in [7, 11) is 1.55. The Hall–Kier alpha value is -1.96. The van der Waals surface area contributed by atoms with Crippen LogP contribution < -0.4 is 10.1 Å². The molecule has 1 atom stereocenters. The number of aliphatic hydroxyl groups excluding tert-OH is 1. The molecule has 1 rings (SSSR count). The highest BCUT2D eigenvalue weighted by atomic mass is 19.4. The first-order chi connectivity index (χ1) is 10.2. The lowest BCUT2D eigenvalue weighted by Gasteiger charge is -2.21. The van der Waals surface area contributed by atoms with Crippen molar-refractivity contribution in [3.05, 3.63) is 29.8 Å². The van der Waals surface area contributed by atoms with Crippen LogP contribution in [-0.2, 0) is 0 Å². The molecule has 0 fully saturated rings. The molecule has 2 amide bonds. The number of nitrogens with zero attached hydrogens (tertiary/aromatic N) is 1. The molecule has 1 unspecified atom stereocenters. The maximum Gasteiger partial charge on any atom is 0.422 e. The second-order valence-corrected chi connectivity index (χ2v) is 4.79. The van der Waals surface area contributed by atoms with E-state index < -0.39 is 12.8 Å². The van der Waals surface area contributed by atoms with Crippen LogP contribution in [0, 0.1) is 0 Å². The molecule has 0 aliphatic heterocycles. The topological polar surface area (TPSA) is 61.8 Å². The molecule has 1 aromatic carbocycles. The van der Waals surface area contributed by atoms with E-state index in [1.54, 1.807) is 26.1 Å². The number of carbonyl (C=O) groups excluding carboxylic acids is 1. The van der Waals surface area contributed by atoms with Gasteiger partial charge in [0.15, 0.2) is 6.61 Å². The van der Waals surface area contributed by atoms with Gasteiger partial charge >= 0.3 is 12.2 Å². The molecule has 0 aromatic heterocycles. The molecule has 0 heterocycles. The average Bonchev–Trinajstić information content (AvgIpc) is 2.45. The number of likely N-dealkylation sites (N-methyl/N-ethyl adjacent to an activating group) is 1. The Morgan fingerprint density at radius 1 is 1.36 bits per heavy atom. The van der Waals surface area contributed by atoms with Crippen molar-refractivity contribution < 1.29 is 27.8 Å². The van der Waals surface area contributed by atoms with Crippen molar-refractivity contribution in [3.63, 3.8) is 0 Å². The average molecular weight is 320 g/mol. The molecule has 0 aliphatic carbocycles. The first-order valence-corrected chi connectivity index (χ1v) is 6.65. The molecular weight excluding hydrogens is 301 g/mol. The molecule has 0 saturated heterocycles. The number of alkyl halides is 3. The molecule has 0 aliphatic rings. The molecular formula is C14H19F3N2O3. The molecule has 0 saturated carbocycles. The lowest BCUT2D eigenvalue weighted by Crippen LogP contribution is -2.39. The van der Waals surface area contributed by atoms with Crippen LogP contribution in [0.15, 0.2) is 24.3 Å². The zero-order chi connectivity index (χ0) is 16.8. The van der Waals surface area contributed by atoms with Gasteiger partial charge in [-0.1, -0.05) is 12.1 Å². The number of ether oxygens (including phenoxy) is 1. The summed E-state index contributed by atoms with van der Waals surface area (Å²) in [6, 6.07) is 5.33. The highest BCUT2D eigenvalue weighted by Gasteiger charge is 2.28. The van der Waals surface area contributed by atoms with Gasteiger partial charge in [-0.05, 0) is 24.6 Å². The summed E-state index contributed by atoms with van der Waals surface area (Å²) >= 11 is 0. The predicted octanol–water partition coefficient (Wildman–Crippen LogP) is 2.32. The molecule has 0 spiro atoms. The number of aliphatic hydroxyl groups is 1. The highest BCUT2D eigenvalue weighted by molar-refractivity contribution is 5.74. The van der Waals surface area contributed by atoms with Crippen molar-refractivity contribution in [2.24, 2.45) is 0 Å². The third kappa shape index (κ3) is 6.21. The van der Waals surface area contributed by atoms with Gasteiger partial charge in [-0.25, -0.2) is 4.79 Å². The number of amides is 2. The van der Waals surface area contributed by atoms with Crippen molar-refractivity contribution in [2.75, 3.05) is 26.8 Å². The number of carbonyl (C=O) groups is 1. The number of benzene rings is 1. The third-order valence-corrected chi connectivity index (χ3v) is 2.90. The molecule has 2 N–H and O–H groups in total. The zero-order valence-corrected chi connectivity index (χ0v) is 12.4. The standard InChI is InChI=1S/C14H19F3N2O3/c1-10(18-13(21)19(2)7-8-20)11-3-5-12(6-4-11)22-9-14(15,16)17/h3-6,10,20H,7-9H2,1-2H3,(H,18,21). The Labute approximate surface area is 126 Å². The fraction of sp³-hybridized carbons (Fsp3) is 0.500. The molecule has 5 nitrogen and oxygen atoms in total. The quantitative estimate of drug-likeness (QED) is 0.845. The maximum absolute atomic E-state index is 12.0. The first-order valence-electron chi connectivity index (χ1n) is 6.65. The summed E-state index contributed by atoms with van der Waals surface area (Å²) < 4.78 is 40.7. The number of urea groups is 1. The van der Waals surface area contributed by atoms with Crippen molar-refractivity contribution in [1.82, 2.24) is 10.2 Å². The van der Waals surface area contributed by atoms with Gasteiger partial charge in [0.1, 0.15) is 5.75 Å². The van der Waals surface area contributed by atoms with E-state index in [1.165, 1.54) is 17.0 Å². The lowest BCUT2D eigenvalue weighted by atomic mass is 10.1. The maximum atomic E-state index is 12.0. The van der Waals surface area contributed by atoms with E-state index in [2.05, 4.69) is 10.1 Å². The van der Waals surface area contributed by atoms with Crippen molar-refractivity contribution in [2.45, 2.75) is 19.1 Å². The van der Waals surface area contributed by atoms with Crippen molar-refractivity contribution in [1.29, 1.82) is 0 Å². The number of rotatable bonds is 6. The molecule has 124 valence electrons. The van der Waals surface area contributed by atoms with E-state index >= 15 is 0 Å². The predicted molar refractivity (Wildman–Crippen MR) is 74.7 cm³/mol. The van der Waals surface area contributed by atoms with Gasteiger partial charge in [-0.15, -0.1) is 0 Å². The molecule has 0 radical (unpaired) electrons. The van der Waals surface area contributed by atoms with E-state index in [-0.39, 0.29) is 31.0 Å². The summed E-state index contributed by atoms with van der Waals surface area (Å²) in [5.74, 6) is 0.108. The van der Waals surface area contributed by atoms with Gasteiger partial charge in [-0.3, -0.25) is 0 Å². The van der Waals surface area contributed by atoms with Gasteiger partial charge in [-0.2, -0.15) is 13.2 Å². The number of hydrogen-bond acceptors (Lipinski definition) is 3. The van der Waals surface area contributed by atoms with Gasteiger partial charge in [0.25, 0.3) is 0 Å². The smallest absolute Gasteiger partial charge is 0.422 e. The van der Waals surface area contributed by atoms with Crippen LogP contribution in [0.4, 0.5) is 18.0 Å². The fourth-order valence-electron chi connectivity index (χ4n) is 1.65. The summed E-state index contributed by atoms with van der Waals surface area (Å²) in [4.78, 5) is 13.1. The van der Waals surface area contributed by atoms with Crippen LogP contribution in [0.3, 0.4) is 0 Å². The van der Waals surface area contributed by atoms with E-state index in [4.69, 9.17) is 5.11 Å². The summed E-state index contributed by atoms with van der Waals surface area (Å²) in [6.45, 7) is 0.479. The highest BCUT2D eigenvalue weighted by Crippen LogP contribution is 2.21. The van der Waals surface area contributed by atoms with Gasteiger partial charge < -0.3 is 20.1 Å². The largest absolute Gasteiger partial charge is 0.484 e. The minimum atomic E-state index is -4.38. The molecule has 0 bridgehead atoms. The minimum Gasteiger partial charge on any atom is -0.484 e. The zero-order valence-electron chi connectivity index (χ0n) is 12.4. The Kier molecular flexibility index (Phi) is 6.48. The number of halogens is 3. The van der Waals surface area contributed by atoms with Gasteiger partial charge in [0.2, 0.25) is 0 Å². The number of nitrogens with one attached hydrogen (secondary N) is 1. The van der Waals surface area contributed by atoms with E-state index in [9.17, 15) is 18.0 Å². The fourth-order valence-corrected chi connectivity index (χ4v) is 1.65. The van der Waals surface area contributed by atoms with E-state index in [0.29, 0.717) is 0 Å². The molecule has 1 aromatic rings. The van der Waals surface area contributed by atoms with Crippen LogP contribution in [-0.4, -0.2) is 49.0 Å². The van der Waals surface area contributed by atoms with Crippen molar-refractivity contribution >= 4 is 6.03 Å². The molecule has 22 heavy (non-hydrogen) atoms. The minimum absolute atomic E-state index is 0.108. The van der Waals surface area contributed by atoms with Gasteiger partial charge in [0.05, 0.1) is 12.6 Å². The monoisotopic (exact) mass is 320 g/mol. The van der Waals surface area contributed by atoms with Crippen LogP contribution in [0.1, 0.15) is 18.5 Å². The third-order valence-electron chi connectivity index (χ3n) is 2.90. The van der Waals surface area contributed by atoms with Crippen LogP contribution in [0.2, 0.25) is 0 Å². The van der Waals surface area contributed by atoms with E-state index in [0.717, 1.165) is 5.56 Å². The summed E-state index contributed by atoms with van der Waals surface area (Å²) in [5.41, 5.74) is 0.727. The second-order valence-electron chi connectivity index (χ2n) is 4.79. The number of hydrogen-bond donors (Lipinski definition) is 2. The Morgan fingerprint density at radius 2 is 1.95 bits per heavy atom. The summed E-state index contributed by atoms with van der Waals surface area (Å²) in [6.07, 6.45) is -4.38. The van der Waals surface area contributed by atoms with Crippen LogP contribution in [0.25, 0.3) is 0 Å². The lowest BCUT2D eigenvalue weighted by molar-refractivity contribution is -0.153. The Morgan fingerprint density at radius 3 is 2.45 bits per heavy atom. The Balaban J connectivity index is 2.56. The van der Waals surface area contributed by atoms with Gasteiger partial charge in [0, 0.05) is 13.6 Å². The SMILES string of the molecule is CC(NC(=O)N(C)CCO)c1ccc(OCC(F)(F)F)cc1. The van der Waals surface area contributed by atoms with Crippen molar-refractivity contribution in [3.8, 4) is 5.75 Å². The normalized spacial score (nSPS) is 12.6. The second kappa shape index (κ2) is 7.88. The molecule has 8 heteroatoms. The summed E-state index contributed by atoms with van der Waals surface area (Å²) in [5, 5.41) is 11.5. The first kappa shape index (κ1) is 18.1. The van der Waals surface area contributed by atoms with Crippen LogP contribution in [0.5, 0.6) is 5.75 Å². The van der Waals surface area contributed by atoms with E-state index in [1.807, 2.05) is 0 Å².